The van der Waals surface area contributed by atoms with Gasteiger partial charge in [-0.05, 0) is 17.7 Å². The number of carbonyl (C=O) groups is 1. The molecule has 7 heteroatoms. The van der Waals surface area contributed by atoms with Gasteiger partial charge in [-0.25, -0.2) is 9.97 Å². The van der Waals surface area contributed by atoms with Crippen molar-refractivity contribution in [2.75, 3.05) is 21.3 Å². The summed E-state index contributed by atoms with van der Waals surface area (Å²) >= 11 is 3.50. The standard InChI is InChI=1S/C20H20BrN3O3/c1-24(17(25)9-13-7-5-4-6-8-13)12-14-10-15(21)11-16-18(14)23-20(27-3)19(22-16)26-2/h4-8,10-11H,9,12H2,1-3H3. The third kappa shape index (κ3) is 4.36. The maximum Gasteiger partial charge on any atom is 0.278 e. The van der Waals surface area contributed by atoms with Crippen LogP contribution in [0.5, 0.6) is 11.8 Å². The van der Waals surface area contributed by atoms with Gasteiger partial charge in [0.2, 0.25) is 5.91 Å². The first-order valence-corrected chi connectivity index (χ1v) is 9.17. The third-order valence-corrected chi connectivity index (χ3v) is 4.63. The number of fused-ring (bicyclic) bond motifs is 1. The number of hydrogen-bond acceptors (Lipinski definition) is 5. The minimum atomic E-state index is 0.0303. The highest BCUT2D eigenvalue weighted by Gasteiger charge is 2.17. The van der Waals surface area contributed by atoms with Gasteiger partial charge >= 0.3 is 0 Å². The van der Waals surface area contributed by atoms with Crippen molar-refractivity contribution in [1.82, 2.24) is 14.9 Å². The predicted octanol–water partition coefficient (Wildman–Crippen LogP) is 3.61. The monoisotopic (exact) mass is 429 g/mol. The maximum absolute atomic E-state index is 12.6. The number of ether oxygens (including phenoxy) is 2. The minimum Gasteiger partial charge on any atom is -0.477 e. The number of aromatic nitrogens is 2. The van der Waals surface area contributed by atoms with E-state index in [1.165, 1.54) is 14.2 Å². The Morgan fingerprint density at radius 3 is 2.41 bits per heavy atom. The molecule has 140 valence electrons. The average molecular weight is 430 g/mol. The Morgan fingerprint density at radius 2 is 1.74 bits per heavy atom. The van der Waals surface area contributed by atoms with Crippen LogP contribution in [0.4, 0.5) is 0 Å². The smallest absolute Gasteiger partial charge is 0.278 e. The van der Waals surface area contributed by atoms with Crippen LogP contribution in [-0.4, -0.2) is 42.0 Å². The number of methoxy groups -OCH3 is 2. The first-order valence-electron chi connectivity index (χ1n) is 8.38. The Morgan fingerprint density at radius 1 is 1.07 bits per heavy atom. The van der Waals surface area contributed by atoms with Crippen LogP contribution >= 0.6 is 15.9 Å². The molecule has 0 fully saturated rings. The molecule has 0 radical (unpaired) electrons. The highest BCUT2D eigenvalue weighted by molar-refractivity contribution is 9.10. The van der Waals surface area contributed by atoms with Gasteiger partial charge in [-0.1, -0.05) is 46.3 Å². The molecule has 0 N–H and O–H groups in total. The van der Waals surface area contributed by atoms with Crippen LogP contribution in [0, 0.1) is 0 Å². The quantitative estimate of drug-likeness (QED) is 0.598. The Bertz CT molecular complexity index is 964. The molecule has 3 rings (SSSR count). The summed E-state index contributed by atoms with van der Waals surface area (Å²) in [5.41, 5.74) is 3.20. The highest BCUT2D eigenvalue weighted by atomic mass is 79.9. The number of nitrogens with zero attached hydrogens (tertiary/aromatic N) is 3. The van der Waals surface area contributed by atoms with Gasteiger partial charge in [0.15, 0.2) is 0 Å². The summed E-state index contributed by atoms with van der Waals surface area (Å²) in [6.45, 7) is 0.409. The zero-order valence-electron chi connectivity index (χ0n) is 15.4. The van der Waals surface area contributed by atoms with Gasteiger partial charge in [-0.2, -0.15) is 0 Å². The number of hydrogen-bond donors (Lipinski definition) is 0. The van der Waals surface area contributed by atoms with Crippen molar-refractivity contribution in [1.29, 1.82) is 0 Å². The zero-order valence-corrected chi connectivity index (χ0v) is 17.0. The van der Waals surface area contributed by atoms with Crippen LogP contribution in [0.2, 0.25) is 0 Å². The number of halogens is 1. The lowest BCUT2D eigenvalue weighted by Gasteiger charge is -2.19. The topological polar surface area (TPSA) is 64.5 Å². The predicted molar refractivity (Wildman–Crippen MR) is 107 cm³/mol. The molecule has 3 aromatic rings. The summed E-state index contributed by atoms with van der Waals surface area (Å²) in [6.07, 6.45) is 0.353. The van der Waals surface area contributed by atoms with E-state index in [0.29, 0.717) is 35.8 Å². The molecule has 0 aliphatic rings. The van der Waals surface area contributed by atoms with E-state index in [1.54, 1.807) is 11.9 Å². The number of amides is 1. The molecule has 2 aromatic carbocycles. The molecule has 0 aliphatic heterocycles. The van der Waals surface area contributed by atoms with E-state index < -0.39 is 0 Å². The molecule has 1 heterocycles. The SMILES string of the molecule is COc1nc2cc(Br)cc(CN(C)C(=O)Cc3ccccc3)c2nc1OC. The van der Waals surface area contributed by atoms with Gasteiger partial charge in [0, 0.05) is 23.6 Å². The summed E-state index contributed by atoms with van der Waals surface area (Å²) in [5, 5.41) is 0. The second-order valence-electron chi connectivity index (χ2n) is 6.09. The Labute approximate surface area is 166 Å². The van der Waals surface area contributed by atoms with Crippen molar-refractivity contribution in [3.05, 3.63) is 58.1 Å². The van der Waals surface area contributed by atoms with E-state index in [9.17, 15) is 4.79 Å². The van der Waals surface area contributed by atoms with Crippen molar-refractivity contribution in [3.8, 4) is 11.8 Å². The van der Waals surface area contributed by atoms with Crippen LogP contribution < -0.4 is 9.47 Å². The molecule has 0 aliphatic carbocycles. The normalized spacial score (nSPS) is 10.7. The molecular weight excluding hydrogens is 410 g/mol. The van der Waals surface area contributed by atoms with Crippen molar-refractivity contribution in [3.63, 3.8) is 0 Å². The van der Waals surface area contributed by atoms with Crippen molar-refractivity contribution >= 4 is 32.9 Å². The molecule has 0 unspecified atom stereocenters. The fourth-order valence-electron chi connectivity index (χ4n) is 2.80. The molecule has 0 bridgehead atoms. The number of benzene rings is 2. The van der Waals surface area contributed by atoms with Crippen LogP contribution in [0.1, 0.15) is 11.1 Å². The van der Waals surface area contributed by atoms with Crippen LogP contribution in [0.15, 0.2) is 46.9 Å². The third-order valence-electron chi connectivity index (χ3n) is 4.17. The Balaban J connectivity index is 1.90. The Hall–Kier alpha value is -2.67. The summed E-state index contributed by atoms with van der Waals surface area (Å²) in [4.78, 5) is 23.3. The van der Waals surface area contributed by atoms with E-state index in [0.717, 1.165) is 15.6 Å². The van der Waals surface area contributed by atoms with E-state index in [-0.39, 0.29) is 5.91 Å². The molecule has 0 saturated heterocycles. The summed E-state index contributed by atoms with van der Waals surface area (Å²) in [6, 6.07) is 13.5. The lowest BCUT2D eigenvalue weighted by atomic mass is 10.1. The first-order chi connectivity index (χ1) is 13.0. The van der Waals surface area contributed by atoms with E-state index >= 15 is 0 Å². The summed E-state index contributed by atoms with van der Waals surface area (Å²) in [5.74, 6) is 0.664. The van der Waals surface area contributed by atoms with Gasteiger partial charge in [0.25, 0.3) is 11.8 Å². The molecule has 1 aromatic heterocycles. The molecular formula is C20H20BrN3O3. The molecule has 0 atom stereocenters. The van der Waals surface area contributed by atoms with Gasteiger partial charge in [0.1, 0.15) is 0 Å². The first kappa shape index (κ1) is 19.1. The lowest BCUT2D eigenvalue weighted by Crippen LogP contribution is -2.27. The second kappa shape index (κ2) is 8.35. The average Bonchev–Trinajstić information content (AvgIpc) is 2.67. The number of likely N-dealkylation sites (N-methyl/N-ethyl adjacent to an activating group) is 1. The number of rotatable bonds is 6. The van der Waals surface area contributed by atoms with Crippen molar-refractivity contribution in [2.45, 2.75) is 13.0 Å². The summed E-state index contributed by atoms with van der Waals surface area (Å²) < 4.78 is 11.4. The van der Waals surface area contributed by atoms with Crippen LogP contribution in [0.3, 0.4) is 0 Å². The van der Waals surface area contributed by atoms with Gasteiger partial charge in [0.05, 0.1) is 31.7 Å². The zero-order chi connectivity index (χ0) is 19.4. The molecule has 0 saturated carbocycles. The Kier molecular flexibility index (Phi) is 5.91. The van der Waals surface area contributed by atoms with Crippen molar-refractivity contribution in [2.24, 2.45) is 0 Å². The molecule has 0 spiro atoms. The fraction of sp³-hybridized carbons (Fsp3) is 0.250. The maximum atomic E-state index is 12.6. The van der Waals surface area contributed by atoms with Gasteiger partial charge < -0.3 is 14.4 Å². The van der Waals surface area contributed by atoms with Gasteiger partial charge in [-0.15, -0.1) is 0 Å². The van der Waals surface area contributed by atoms with Gasteiger partial charge in [-0.3, -0.25) is 4.79 Å². The highest BCUT2D eigenvalue weighted by Crippen LogP contribution is 2.29. The number of carbonyl (C=O) groups excluding carboxylic acids is 1. The molecule has 27 heavy (non-hydrogen) atoms. The fourth-order valence-corrected chi connectivity index (χ4v) is 3.29. The second-order valence-corrected chi connectivity index (χ2v) is 7.00. The van der Waals surface area contributed by atoms with E-state index in [4.69, 9.17) is 9.47 Å². The lowest BCUT2D eigenvalue weighted by molar-refractivity contribution is -0.129. The van der Waals surface area contributed by atoms with E-state index in [2.05, 4.69) is 25.9 Å². The summed E-state index contributed by atoms with van der Waals surface area (Å²) in [7, 11) is 4.83. The molecule has 1 amide bonds. The van der Waals surface area contributed by atoms with Crippen LogP contribution in [0.25, 0.3) is 11.0 Å². The largest absolute Gasteiger partial charge is 0.477 e. The minimum absolute atomic E-state index is 0.0303. The van der Waals surface area contributed by atoms with Crippen molar-refractivity contribution < 1.29 is 14.3 Å². The van der Waals surface area contributed by atoms with E-state index in [1.807, 2.05) is 42.5 Å². The van der Waals surface area contributed by atoms with Crippen LogP contribution in [-0.2, 0) is 17.8 Å². The molecule has 6 nitrogen and oxygen atoms in total.